The van der Waals surface area contributed by atoms with Gasteiger partial charge in [-0.2, -0.15) is 4.72 Å². The summed E-state index contributed by atoms with van der Waals surface area (Å²) in [7, 11) is -8.45. The number of nitrogens with two attached hydrogens (primary N) is 1. The number of anilines is 1. The number of nitrogens with one attached hydrogen (secondary N) is 3. The summed E-state index contributed by atoms with van der Waals surface area (Å²) in [6, 6.07) is 9.13. The van der Waals surface area contributed by atoms with E-state index in [0.29, 0.717) is 6.42 Å². The van der Waals surface area contributed by atoms with Gasteiger partial charge in [-0.15, -0.1) is 12.4 Å². The first-order valence-corrected chi connectivity index (χ1v) is 16.2. The second kappa shape index (κ2) is 15.1. The van der Waals surface area contributed by atoms with Gasteiger partial charge in [0.15, 0.2) is 0 Å². The Hall–Kier alpha value is -2.99. The van der Waals surface area contributed by atoms with Crippen molar-refractivity contribution in [3.8, 4) is 0 Å². The van der Waals surface area contributed by atoms with Crippen molar-refractivity contribution in [2.45, 2.75) is 60.6 Å². The third-order valence-electron chi connectivity index (χ3n) is 6.50. The highest BCUT2D eigenvalue weighted by atomic mass is 35.5. The zero-order valence-corrected chi connectivity index (χ0v) is 26.1. The number of carbonyl (C=O) groups excluding carboxylic acids is 1. The number of carboxylic acids is 2. The predicted octanol–water partition coefficient (Wildman–Crippen LogP) is 1.20. The van der Waals surface area contributed by atoms with Gasteiger partial charge in [0.25, 0.3) is 0 Å². The molecule has 3 rings (SSSR count). The molecule has 0 aromatic heterocycles. The van der Waals surface area contributed by atoms with E-state index >= 15 is 0 Å². The van der Waals surface area contributed by atoms with Crippen molar-refractivity contribution in [2.75, 3.05) is 18.4 Å². The first-order valence-electron chi connectivity index (χ1n) is 12.8. The Morgan fingerprint density at radius 3 is 2.40 bits per heavy atom. The maximum absolute atomic E-state index is 13.1. The minimum Gasteiger partial charge on any atom is -0.480 e. The number of benzene rings is 2. The summed E-state index contributed by atoms with van der Waals surface area (Å²) in [5, 5.41) is 29.5. The maximum atomic E-state index is 13.1. The molecule has 1 aliphatic rings. The molecule has 0 radical (unpaired) electrons. The molecule has 3 atom stereocenters. The fourth-order valence-electron chi connectivity index (χ4n) is 4.48. The van der Waals surface area contributed by atoms with Gasteiger partial charge in [-0.1, -0.05) is 41.9 Å². The van der Waals surface area contributed by atoms with Crippen LogP contribution in [0, 0.1) is 0 Å². The lowest BCUT2D eigenvalue weighted by atomic mass is 10.0. The van der Waals surface area contributed by atoms with Crippen LogP contribution in [-0.2, 0) is 40.9 Å². The standard InChI is InChI=1S/C25H32ClN5O9S2.ClH/c1-15(28-18(25(35)36)10-9-16-6-3-2-4-7-16)24(34)31(14-23(32)33)11-5-8-22-29-19-12-17(26)20(41(27,37)38)13-21(19)42(39,40)30-22;/h2-4,6-7,12-13,15,18,22,28-30H,5,8-11,14H2,1H3,(H,32,33)(H,35,36)(H2,27,37,38);1H/t15-,18-,22?;/m0./s1. The molecule has 18 heteroatoms. The zero-order chi connectivity index (χ0) is 31.2. The van der Waals surface area contributed by atoms with Gasteiger partial charge < -0.3 is 20.4 Å². The van der Waals surface area contributed by atoms with E-state index < -0.39 is 67.6 Å². The monoisotopic (exact) mass is 681 g/mol. The van der Waals surface area contributed by atoms with Gasteiger partial charge in [0.2, 0.25) is 26.0 Å². The molecule has 0 saturated heterocycles. The van der Waals surface area contributed by atoms with Crippen LogP contribution >= 0.6 is 24.0 Å². The number of rotatable bonds is 14. The second-order valence-corrected chi connectivity index (χ2v) is 13.4. The number of sulfonamides is 2. The Bertz CT molecular complexity index is 1540. The van der Waals surface area contributed by atoms with Crippen LogP contribution in [0.15, 0.2) is 52.3 Å². The molecule has 0 fully saturated rings. The lowest BCUT2D eigenvalue weighted by Crippen LogP contribution is -2.52. The Morgan fingerprint density at radius 1 is 1.16 bits per heavy atom. The summed E-state index contributed by atoms with van der Waals surface area (Å²) in [5.41, 5.74) is 0.974. The molecule has 1 amide bonds. The van der Waals surface area contributed by atoms with E-state index in [-0.39, 0.29) is 53.8 Å². The molecule has 0 bridgehead atoms. The van der Waals surface area contributed by atoms with Gasteiger partial charge in [0, 0.05) is 6.54 Å². The van der Waals surface area contributed by atoms with Crippen molar-refractivity contribution in [3.63, 3.8) is 0 Å². The van der Waals surface area contributed by atoms with Crippen molar-refractivity contribution >= 4 is 67.6 Å². The number of amides is 1. The second-order valence-electron chi connectivity index (χ2n) is 9.74. The highest BCUT2D eigenvalue weighted by molar-refractivity contribution is 7.90. The van der Waals surface area contributed by atoms with Crippen molar-refractivity contribution < 1.29 is 41.4 Å². The molecule has 2 aromatic carbocycles. The van der Waals surface area contributed by atoms with E-state index in [1.165, 1.54) is 6.92 Å². The van der Waals surface area contributed by atoms with E-state index in [9.17, 15) is 41.4 Å². The van der Waals surface area contributed by atoms with Gasteiger partial charge in [-0.3, -0.25) is 19.7 Å². The van der Waals surface area contributed by atoms with Crippen molar-refractivity contribution in [2.24, 2.45) is 5.14 Å². The van der Waals surface area contributed by atoms with Crippen LogP contribution in [0.1, 0.15) is 31.7 Å². The van der Waals surface area contributed by atoms with E-state index in [1.54, 1.807) is 0 Å². The van der Waals surface area contributed by atoms with Crippen LogP contribution in [0.25, 0.3) is 0 Å². The van der Waals surface area contributed by atoms with E-state index in [4.69, 9.17) is 16.7 Å². The van der Waals surface area contributed by atoms with Crippen molar-refractivity contribution in [1.82, 2.24) is 14.9 Å². The molecule has 0 spiro atoms. The molecular formula is C25H33Cl2N5O9S2. The third-order valence-corrected chi connectivity index (χ3v) is 9.39. The third kappa shape index (κ3) is 10.0. The van der Waals surface area contributed by atoms with Gasteiger partial charge in [-0.25, -0.2) is 22.0 Å². The minimum atomic E-state index is -4.28. The van der Waals surface area contributed by atoms with Gasteiger partial charge in [0.05, 0.1) is 22.9 Å². The lowest BCUT2D eigenvalue weighted by Gasteiger charge is -2.30. The number of aryl methyl sites for hydroxylation is 1. The Morgan fingerprint density at radius 2 is 1.81 bits per heavy atom. The maximum Gasteiger partial charge on any atom is 0.323 e. The summed E-state index contributed by atoms with van der Waals surface area (Å²) in [6.07, 6.45) is 0.0270. The van der Waals surface area contributed by atoms with Crippen LogP contribution in [0.4, 0.5) is 5.69 Å². The molecule has 0 saturated carbocycles. The molecule has 43 heavy (non-hydrogen) atoms. The Kier molecular flexibility index (Phi) is 12.7. The van der Waals surface area contributed by atoms with Gasteiger partial charge >= 0.3 is 11.9 Å². The number of carboxylic acid groups (broad SMARTS) is 2. The number of halogens is 2. The number of nitrogens with zero attached hydrogens (tertiary/aromatic N) is 1. The summed E-state index contributed by atoms with van der Waals surface area (Å²) in [6.45, 7) is 0.727. The Labute approximate surface area is 260 Å². The molecule has 14 nitrogen and oxygen atoms in total. The average Bonchev–Trinajstić information content (AvgIpc) is 2.88. The van der Waals surface area contributed by atoms with Crippen LogP contribution in [-0.4, -0.2) is 81.1 Å². The molecule has 2 aromatic rings. The first kappa shape index (κ1) is 36.2. The molecule has 1 aliphatic heterocycles. The first-order chi connectivity index (χ1) is 19.6. The quantitative estimate of drug-likeness (QED) is 0.166. The lowest BCUT2D eigenvalue weighted by molar-refractivity contribution is -0.146. The summed E-state index contributed by atoms with van der Waals surface area (Å²) < 4.78 is 51.4. The molecule has 1 unspecified atom stereocenters. The van der Waals surface area contributed by atoms with Crippen LogP contribution in [0.5, 0.6) is 0 Å². The zero-order valence-electron chi connectivity index (χ0n) is 22.9. The highest BCUT2D eigenvalue weighted by Crippen LogP contribution is 2.34. The minimum absolute atomic E-state index is 0. The highest BCUT2D eigenvalue weighted by Gasteiger charge is 2.32. The normalized spacial score (nSPS) is 17.0. The average molecular weight is 683 g/mol. The smallest absolute Gasteiger partial charge is 0.323 e. The summed E-state index contributed by atoms with van der Waals surface area (Å²) in [4.78, 5) is 36.5. The van der Waals surface area contributed by atoms with Gasteiger partial charge in [-0.05, 0) is 50.3 Å². The summed E-state index contributed by atoms with van der Waals surface area (Å²) >= 11 is 6.00. The molecular weight excluding hydrogens is 649 g/mol. The van der Waals surface area contributed by atoms with E-state index in [0.717, 1.165) is 22.6 Å². The summed E-state index contributed by atoms with van der Waals surface area (Å²) in [5.74, 6) is -3.06. The van der Waals surface area contributed by atoms with E-state index in [1.807, 2.05) is 30.3 Å². The SMILES string of the molecule is C[C@H](N[C@@H](CCc1ccccc1)C(=O)O)C(=O)N(CCCC1Nc2cc(Cl)c(S(N)(=O)=O)cc2S(=O)(=O)N1)CC(=O)O.Cl. The number of hydrogen-bond acceptors (Lipinski definition) is 9. The molecule has 7 N–H and O–H groups in total. The Balaban J connectivity index is 0.00000645. The molecule has 1 heterocycles. The number of hydrogen-bond donors (Lipinski definition) is 6. The largest absolute Gasteiger partial charge is 0.480 e. The fourth-order valence-corrected chi connectivity index (χ4v) is 7.02. The number of fused-ring (bicyclic) bond motifs is 1. The molecule has 238 valence electrons. The number of aliphatic carboxylic acids is 2. The van der Waals surface area contributed by atoms with E-state index in [2.05, 4.69) is 15.4 Å². The predicted molar refractivity (Wildman–Crippen MR) is 160 cm³/mol. The van der Waals surface area contributed by atoms with Crippen molar-refractivity contribution in [3.05, 3.63) is 53.1 Å². The van der Waals surface area contributed by atoms with Crippen LogP contribution in [0.3, 0.4) is 0 Å². The van der Waals surface area contributed by atoms with Crippen LogP contribution in [0.2, 0.25) is 5.02 Å². The number of primary sulfonamides is 1. The van der Waals surface area contributed by atoms with Gasteiger partial charge in [0.1, 0.15) is 22.4 Å². The van der Waals surface area contributed by atoms with Crippen molar-refractivity contribution in [1.29, 1.82) is 0 Å². The fraction of sp³-hybridized carbons (Fsp3) is 0.400. The topological polar surface area (TPSA) is 225 Å². The number of carbonyl (C=O) groups is 3. The van der Waals surface area contributed by atoms with Crippen LogP contribution < -0.4 is 20.5 Å². The molecule has 0 aliphatic carbocycles.